The normalized spacial score (nSPS) is 28.0. The van der Waals surface area contributed by atoms with Gasteiger partial charge in [0.25, 0.3) is 0 Å². The fraction of sp³-hybridized carbons (Fsp3) is 0.824. The first kappa shape index (κ1) is 15.0. The molecule has 21 heavy (non-hydrogen) atoms. The quantitative estimate of drug-likeness (QED) is 0.904. The van der Waals surface area contributed by atoms with Crippen LogP contribution in [0, 0.1) is 11.3 Å². The first-order valence-corrected chi connectivity index (χ1v) is 8.47. The third-order valence-electron chi connectivity index (χ3n) is 5.06. The third kappa shape index (κ3) is 3.86. The number of aryl methyl sites for hydroxylation is 1. The third-order valence-corrected chi connectivity index (χ3v) is 5.06. The van der Waals surface area contributed by atoms with Crippen molar-refractivity contribution < 1.29 is 0 Å². The highest BCUT2D eigenvalue weighted by Gasteiger charge is 2.40. The molecule has 118 valence electrons. The molecule has 1 N–H and O–H groups in total. The number of aromatic nitrogens is 2. The number of piperazine rings is 1. The van der Waals surface area contributed by atoms with Crippen LogP contribution in [0.4, 0.5) is 0 Å². The van der Waals surface area contributed by atoms with E-state index < -0.39 is 0 Å². The van der Waals surface area contributed by atoms with Crippen molar-refractivity contribution >= 4 is 0 Å². The molecular weight excluding hydrogens is 260 g/mol. The standard InChI is InChI=1S/C17H30N4/c1-17(2,3)16-11-19-15(14-5-6-14)12-21(16)9-4-8-20-10-7-18-13-20/h7,10,13-16,19H,4-6,8-9,11-12H2,1-3H3. The highest BCUT2D eigenvalue weighted by Crippen LogP contribution is 2.36. The number of nitrogens with one attached hydrogen (secondary N) is 1. The van der Waals surface area contributed by atoms with Gasteiger partial charge in [-0.25, -0.2) is 4.98 Å². The fourth-order valence-electron chi connectivity index (χ4n) is 3.63. The van der Waals surface area contributed by atoms with E-state index in [4.69, 9.17) is 0 Å². The summed E-state index contributed by atoms with van der Waals surface area (Å²) in [5, 5.41) is 3.81. The van der Waals surface area contributed by atoms with Gasteiger partial charge < -0.3 is 9.88 Å². The highest BCUT2D eigenvalue weighted by molar-refractivity contribution is 4.97. The van der Waals surface area contributed by atoms with Gasteiger partial charge in [-0.1, -0.05) is 20.8 Å². The van der Waals surface area contributed by atoms with Gasteiger partial charge in [0, 0.05) is 50.7 Å². The van der Waals surface area contributed by atoms with Crippen molar-refractivity contribution in [3.05, 3.63) is 18.7 Å². The molecule has 2 atom stereocenters. The monoisotopic (exact) mass is 290 g/mol. The van der Waals surface area contributed by atoms with E-state index in [9.17, 15) is 0 Å². The van der Waals surface area contributed by atoms with Gasteiger partial charge in [0.05, 0.1) is 6.33 Å². The molecule has 1 aliphatic heterocycles. The van der Waals surface area contributed by atoms with Crippen LogP contribution in [0.2, 0.25) is 0 Å². The second kappa shape index (κ2) is 6.09. The van der Waals surface area contributed by atoms with Crippen LogP contribution in [0.3, 0.4) is 0 Å². The molecule has 2 fully saturated rings. The van der Waals surface area contributed by atoms with Crippen LogP contribution in [0.15, 0.2) is 18.7 Å². The van der Waals surface area contributed by atoms with Gasteiger partial charge >= 0.3 is 0 Å². The summed E-state index contributed by atoms with van der Waals surface area (Å²) < 4.78 is 2.19. The van der Waals surface area contributed by atoms with Crippen molar-refractivity contribution in [1.82, 2.24) is 19.8 Å². The summed E-state index contributed by atoms with van der Waals surface area (Å²) in [7, 11) is 0. The summed E-state index contributed by atoms with van der Waals surface area (Å²) in [4.78, 5) is 6.87. The molecule has 1 aliphatic carbocycles. The van der Waals surface area contributed by atoms with E-state index in [1.165, 1.54) is 32.4 Å². The molecule has 0 amide bonds. The summed E-state index contributed by atoms with van der Waals surface area (Å²) >= 11 is 0. The van der Waals surface area contributed by atoms with Crippen molar-refractivity contribution in [3.63, 3.8) is 0 Å². The molecule has 0 bridgehead atoms. The molecule has 2 aliphatic rings. The second-order valence-electron chi connectivity index (χ2n) is 7.88. The molecule has 0 radical (unpaired) electrons. The lowest BCUT2D eigenvalue weighted by Crippen LogP contribution is -2.61. The van der Waals surface area contributed by atoms with E-state index in [1.807, 2.05) is 12.5 Å². The minimum Gasteiger partial charge on any atom is -0.337 e. The van der Waals surface area contributed by atoms with E-state index in [-0.39, 0.29) is 0 Å². The summed E-state index contributed by atoms with van der Waals surface area (Å²) in [6.45, 7) is 11.8. The summed E-state index contributed by atoms with van der Waals surface area (Å²) in [6, 6.07) is 1.38. The molecule has 0 spiro atoms. The van der Waals surface area contributed by atoms with Crippen molar-refractivity contribution in [2.45, 2.75) is 58.7 Å². The lowest BCUT2D eigenvalue weighted by molar-refractivity contribution is 0.0495. The lowest BCUT2D eigenvalue weighted by Gasteiger charge is -2.46. The van der Waals surface area contributed by atoms with E-state index in [0.717, 1.165) is 25.0 Å². The smallest absolute Gasteiger partial charge is 0.0945 e. The summed E-state index contributed by atoms with van der Waals surface area (Å²) in [5.41, 5.74) is 0.344. The first-order valence-electron chi connectivity index (χ1n) is 8.47. The van der Waals surface area contributed by atoms with E-state index in [1.54, 1.807) is 0 Å². The topological polar surface area (TPSA) is 33.1 Å². The lowest BCUT2D eigenvalue weighted by atomic mass is 9.83. The Morgan fingerprint density at radius 3 is 2.67 bits per heavy atom. The number of hydrogen-bond donors (Lipinski definition) is 1. The molecule has 4 nitrogen and oxygen atoms in total. The predicted molar refractivity (Wildman–Crippen MR) is 86.2 cm³/mol. The molecule has 2 unspecified atom stereocenters. The van der Waals surface area contributed by atoms with Crippen LogP contribution in [-0.2, 0) is 6.54 Å². The molecule has 1 aromatic rings. The maximum absolute atomic E-state index is 4.12. The molecule has 1 saturated heterocycles. The Morgan fingerprint density at radius 1 is 1.24 bits per heavy atom. The number of rotatable bonds is 5. The van der Waals surface area contributed by atoms with E-state index in [2.05, 4.69) is 46.7 Å². The number of nitrogens with zero attached hydrogens (tertiary/aromatic N) is 3. The van der Waals surface area contributed by atoms with Crippen molar-refractivity contribution in [2.24, 2.45) is 11.3 Å². The van der Waals surface area contributed by atoms with Gasteiger partial charge in [0.15, 0.2) is 0 Å². The van der Waals surface area contributed by atoms with Gasteiger partial charge in [-0.15, -0.1) is 0 Å². The van der Waals surface area contributed by atoms with Crippen LogP contribution in [0.1, 0.15) is 40.0 Å². The van der Waals surface area contributed by atoms with E-state index >= 15 is 0 Å². The molecule has 3 rings (SSSR count). The number of imidazole rings is 1. The van der Waals surface area contributed by atoms with E-state index in [0.29, 0.717) is 11.5 Å². The zero-order valence-corrected chi connectivity index (χ0v) is 13.8. The fourth-order valence-corrected chi connectivity index (χ4v) is 3.63. The molecule has 0 aromatic carbocycles. The Bertz CT molecular complexity index is 430. The van der Waals surface area contributed by atoms with Gasteiger partial charge in [0.1, 0.15) is 0 Å². The van der Waals surface area contributed by atoms with Crippen LogP contribution in [-0.4, -0.2) is 46.2 Å². The zero-order chi connectivity index (χ0) is 14.9. The van der Waals surface area contributed by atoms with Crippen molar-refractivity contribution in [1.29, 1.82) is 0 Å². The summed E-state index contributed by atoms with van der Waals surface area (Å²) in [6.07, 6.45) is 9.92. The maximum Gasteiger partial charge on any atom is 0.0945 e. The Balaban J connectivity index is 1.56. The molecule has 2 heterocycles. The Kier molecular flexibility index (Phi) is 4.36. The average Bonchev–Trinajstić information content (AvgIpc) is 3.16. The van der Waals surface area contributed by atoms with Crippen LogP contribution in [0.25, 0.3) is 0 Å². The Hall–Kier alpha value is -0.870. The molecule has 4 heteroatoms. The Morgan fingerprint density at radius 2 is 2.05 bits per heavy atom. The van der Waals surface area contributed by atoms with Crippen LogP contribution >= 0.6 is 0 Å². The highest BCUT2D eigenvalue weighted by atomic mass is 15.2. The molecule has 1 saturated carbocycles. The SMILES string of the molecule is CC(C)(C)C1CNC(C2CC2)CN1CCCn1ccnc1. The van der Waals surface area contributed by atoms with Crippen LogP contribution in [0.5, 0.6) is 0 Å². The first-order chi connectivity index (χ1) is 10.0. The second-order valence-corrected chi connectivity index (χ2v) is 7.88. The van der Waals surface area contributed by atoms with Crippen molar-refractivity contribution in [2.75, 3.05) is 19.6 Å². The van der Waals surface area contributed by atoms with Crippen LogP contribution < -0.4 is 5.32 Å². The van der Waals surface area contributed by atoms with Crippen molar-refractivity contribution in [3.8, 4) is 0 Å². The average molecular weight is 290 g/mol. The minimum atomic E-state index is 0.344. The minimum absolute atomic E-state index is 0.344. The molecule has 1 aromatic heterocycles. The number of hydrogen-bond acceptors (Lipinski definition) is 3. The molecular formula is C17H30N4. The maximum atomic E-state index is 4.12. The zero-order valence-electron chi connectivity index (χ0n) is 13.8. The van der Waals surface area contributed by atoms with Gasteiger partial charge in [0.2, 0.25) is 0 Å². The summed E-state index contributed by atoms with van der Waals surface area (Å²) in [5.74, 6) is 0.946. The predicted octanol–water partition coefficient (Wildman–Crippen LogP) is 2.37. The van der Waals surface area contributed by atoms with Gasteiger partial charge in [-0.2, -0.15) is 0 Å². The van der Waals surface area contributed by atoms with Gasteiger partial charge in [-0.3, -0.25) is 4.90 Å². The Labute approximate surface area is 128 Å². The largest absolute Gasteiger partial charge is 0.337 e. The van der Waals surface area contributed by atoms with Gasteiger partial charge in [-0.05, 0) is 30.6 Å².